The Kier molecular flexibility index (Phi) is 2.91. The molecule has 1 atom stereocenters. The van der Waals surface area contributed by atoms with Gasteiger partial charge < -0.3 is 9.47 Å². The molecule has 0 bridgehead atoms. The van der Waals surface area contributed by atoms with E-state index in [1.165, 1.54) is 12.1 Å². The molecule has 0 aliphatic carbocycles. The fourth-order valence-corrected chi connectivity index (χ4v) is 1.98. The Morgan fingerprint density at radius 1 is 1.05 bits per heavy atom. The van der Waals surface area contributed by atoms with Crippen LogP contribution in [0.15, 0.2) is 48.5 Å². The van der Waals surface area contributed by atoms with Gasteiger partial charge in [-0.3, -0.25) is 4.79 Å². The van der Waals surface area contributed by atoms with Crippen molar-refractivity contribution in [3.63, 3.8) is 0 Å². The number of carbonyl (C=O) groups excluding carboxylic acids is 1. The molecule has 3 rings (SSSR count). The van der Waals surface area contributed by atoms with Crippen LogP contribution in [0.5, 0.6) is 11.5 Å². The molecule has 19 heavy (non-hydrogen) atoms. The Balaban J connectivity index is 1.86. The standard InChI is InChI=1S/C15H11FO3/c16-11-6-2-1-5-10(11)15(17)14-9-18-12-7-3-4-8-13(12)19-14/h1-8,14H,9H2. The minimum Gasteiger partial charge on any atom is -0.485 e. The lowest BCUT2D eigenvalue weighted by atomic mass is 10.1. The molecule has 0 saturated heterocycles. The number of hydrogen-bond acceptors (Lipinski definition) is 3. The summed E-state index contributed by atoms with van der Waals surface area (Å²) in [4.78, 5) is 12.2. The van der Waals surface area contributed by atoms with E-state index in [9.17, 15) is 9.18 Å². The van der Waals surface area contributed by atoms with Crippen molar-refractivity contribution in [1.29, 1.82) is 0 Å². The molecule has 0 amide bonds. The maximum absolute atomic E-state index is 13.6. The number of fused-ring (bicyclic) bond motifs is 1. The van der Waals surface area contributed by atoms with Crippen molar-refractivity contribution in [2.45, 2.75) is 6.10 Å². The Hall–Kier alpha value is -2.36. The predicted octanol–water partition coefficient (Wildman–Crippen LogP) is 2.85. The second-order valence-corrected chi connectivity index (χ2v) is 4.21. The normalized spacial score (nSPS) is 17.0. The number of para-hydroxylation sites is 2. The number of rotatable bonds is 2. The lowest BCUT2D eigenvalue weighted by molar-refractivity contribution is 0.0582. The average Bonchev–Trinajstić information content (AvgIpc) is 2.46. The van der Waals surface area contributed by atoms with E-state index in [2.05, 4.69) is 0 Å². The molecule has 0 N–H and O–H groups in total. The lowest BCUT2D eigenvalue weighted by Crippen LogP contribution is -2.37. The fraction of sp³-hybridized carbons (Fsp3) is 0.133. The second-order valence-electron chi connectivity index (χ2n) is 4.21. The summed E-state index contributed by atoms with van der Waals surface area (Å²) in [5.74, 6) is 0.145. The maximum Gasteiger partial charge on any atom is 0.209 e. The van der Waals surface area contributed by atoms with E-state index in [1.54, 1.807) is 30.3 Å². The maximum atomic E-state index is 13.6. The minimum absolute atomic E-state index is 0.0236. The van der Waals surface area contributed by atoms with Gasteiger partial charge >= 0.3 is 0 Å². The summed E-state index contributed by atoms with van der Waals surface area (Å²) in [7, 11) is 0. The largest absolute Gasteiger partial charge is 0.485 e. The van der Waals surface area contributed by atoms with Crippen LogP contribution in [0.1, 0.15) is 10.4 Å². The zero-order valence-corrected chi connectivity index (χ0v) is 10.0. The molecule has 2 aromatic rings. The molecular weight excluding hydrogens is 247 g/mol. The van der Waals surface area contributed by atoms with Gasteiger partial charge in [0, 0.05) is 0 Å². The quantitative estimate of drug-likeness (QED) is 0.777. The van der Waals surface area contributed by atoms with Crippen molar-refractivity contribution in [2.24, 2.45) is 0 Å². The summed E-state index contributed by atoms with van der Waals surface area (Å²) in [5.41, 5.74) is 0.0236. The first-order valence-corrected chi connectivity index (χ1v) is 5.93. The average molecular weight is 258 g/mol. The van der Waals surface area contributed by atoms with Gasteiger partial charge in [-0.2, -0.15) is 0 Å². The van der Waals surface area contributed by atoms with Gasteiger partial charge in [0.2, 0.25) is 5.78 Å². The van der Waals surface area contributed by atoms with E-state index in [1.807, 2.05) is 6.07 Å². The molecule has 96 valence electrons. The van der Waals surface area contributed by atoms with Crippen LogP contribution < -0.4 is 9.47 Å². The lowest BCUT2D eigenvalue weighted by Gasteiger charge is -2.25. The van der Waals surface area contributed by atoms with Crippen LogP contribution in [0.3, 0.4) is 0 Å². The van der Waals surface area contributed by atoms with Crippen LogP contribution in [0.2, 0.25) is 0 Å². The highest BCUT2D eigenvalue weighted by atomic mass is 19.1. The van der Waals surface area contributed by atoms with E-state index in [-0.39, 0.29) is 12.2 Å². The summed E-state index contributed by atoms with van der Waals surface area (Å²) in [5, 5.41) is 0. The van der Waals surface area contributed by atoms with Crippen LogP contribution in [-0.4, -0.2) is 18.5 Å². The zero-order chi connectivity index (χ0) is 13.2. The van der Waals surface area contributed by atoms with Crippen LogP contribution >= 0.6 is 0 Å². The summed E-state index contributed by atoms with van der Waals surface area (Å²) in [6.45, 7) is 0.0875. The number of ketones is 1. The summed E-state index contributed by atoms with van der Waals surface area (Å²) in [6.07, 6.45) is -0.813. The third-order valence-corrected chi connectivity index (χ3v) is 2.94. The molecule has 0 fully saturated rings. The predicted molar refractivity (Wildman–Crippen MR) is 67.1 cm³/mol. The summed E-state index contributed by atoms with van der Waals surface area (Å²) < 4.78 is 24.6. The molecule has 0 radical (unpaired) electrons. The van der Waals surface area contributed by atoms with Crippen LogP contribution in [-0.2, 0) is 0 Å². The molecule has 1 unspecified atom stereocenters. The van der Waals surface area contributed by atoms with Gasteiger partial charge in [0.1, 0.15) is 12.4 Å². The molecule has 2 aromatic carbocycles. The highest BCUT2D eigenvalue weighted by molar-refractivity contribution is 6.00. The summed E-state index contributed by atoms with van der Waals surface area (Å²) >= 11 is 0. The van der Waals surface area contributed by atoms with Gasteiger partial charge in [-0.25, -0.2) is 4.39 Å². The van der Waals surface area contributed by atoms with Gasteiger partial charge in [-0.15, -0.1) is 0 Å². The number of carbonyl (C=O) groups is 1. The van der Waals surface area contributed by atoms with Gasteiger partial charge in [0.15, 0.2) is 17.6 Å². The van der Waals surface area contributed by atoms with Crippen molar-refractivity contribution in [1.82, 2.24) is 0 Å². The Morgan fingerprint density at radius 3 is 2.53 bits per heavy atom. The third kappa shape index (κ3) is 2.17. The smallest absolute Gasteiger partial charge is 0.209 e. The van der Waals surface area contributed by atoms with Crippen LogP contribution in [0.4, 0.5) is 4.39 Å². The van der Waals surface area contributed by atoms with Gasteiger partial charge in [-0.1, -0.05) is 24.3 Å². The van der Waals surface area contributed by atoms with Crippen molar-refractivity contribution in [2.75, 3.05) is 6.61 Å². The zero-order valence-electron chi connectivity index (χ0n) is 10.0. The van der Waals surface area contributed by atoms with E-state index in [0.717, 1.165) is 0 Å². The van der Waals surface area contributed by atoms with Gasteiger partial charge in [-0.05, 0) is 24.3 Å². The Bertz CT molecular complexity index is 624. The van der Waals surface area contributed by atoms with Crippen molar-refractivity contribution in [3.8, 4) is 11.5 Å². The SMILES string of the molecule is O=C(c1ccccc1F)C1COc2ccccc2O1. The molecule has 0 saturated carbocycles. The van der Waals surface area contributed by atoms with Gasteiger partial charge in [0.05, 0.1) is 5.56 Å². The number of Topliss-reactive ketones (excluding diaryl/α,β-unsaturated/α-hetero) is 1. The third-order valence-electron chi connectivity index (χ3n) is 2.94. The van der Waals surface area contributed by atoms with Crippen LogP contribution in [0.25, 0.3) is 0 Å². The molecule has 1 aliphatic heterocycles. The monoisotopic (exact) mass is 258 g/mol. The highest BCUT2D eigenvalue weighted by Gasteiger charge is 2.29. The van der Waals surface area contributed by atoms with E-state index in [0.29, 0.717) is 11.5 Å². The first-order chi connectivity index (χ1) is 9.25. The first-order valence-electron chi connectivity index (χ1n) is 5.93. The first kappa shape index (κ1) is 11.7. The Morgan fingerprint density at radius 2 is 1.74 bits per heavy atom. The van der Waals surface area contributed by atoms with Crippen molar-refractivity contribution < 1.29 is 18.7 Å². The molecular formula is C15H11FO3. The fourth-order valence-electron chi connectivity index (χ4n) is 1.98. The van der Waals surface area contributed by atoms with Crippen LogP contribution in [0, 0.1) is 5.82 Å². The van der Waals surface area contributed by atoms with Crippen molar-refractivity contribution in [3.05, 3.63) is 59.9 Å². The van der Waals surface area contributed by atoms with E-state index in [4.69, 9.17) is 9.47 Å². The topological polar surface area (TPSA) is 35.5 Å². The van der Waals surface area contributed by atoms with E-state index < -0.39 is 17.7 Å². The van der Waals surface area contributed by atoms with E-state index >= 15 is 0 Å². The molecule has 3 nitrogen and oxygen atoms in total. The van der Waals surface area contributed by atoms with Crippen molar-refractivity contribution >= 4 is 5.78 Å². The molecule has 0 spiro atoms. The molecule has 4 heteroatoms. The highest BCUT2D eigenvalue weighted by Crippen LogP contribution is 2.31. The number of ether oxygens (including phenoxy) is 2. The van der Waals surface area contributed by atoms with Gasteiger partial charge in [0.25, 0.3) is 0 Å². The molecule has 1 aliphatic rings. The minimum atomic E-state index is -0.813. The Labute approximate surface area is 109 Å². The number of hydrogen-bond donors (Lipinski definition) is 0. The molecule has 0 aromatic heterocycles. The second kappa shape index (κ2) is 4.72. The molecule has 1 heterocycles. The number of halogens is 1. The summed E-state index contributed by atoms with van der Waals surface area (Å²) in [6, 6.07) is 13.0. The number of benzene rings is 2.